The molecule has 0 aromatic rings. The van der Waals surface area contributed by atoms with Crippen LogP contribution in [0.2, 0.25) is 0 Å². The van der Waals surface area contributed by atoms with Gasteiger partial charge in [-0.25, -0.2) is 12.8 Å². The SMILES string of the molecule is [N-]=[N+]=C(C1CCCC1)S(=O)(=O)C1C=CC(F)=CC1=S(=O)=O. The number of allylic oxidation sites excluding steroid dienone is 3. The lowest BCUT2D eigenvalue weighted by atomic mass is 10.1. The molecule has 0 spiro atoms. The minimum absolute atomic E-state index is 0.423. The Morgan fingerprint density at radius 1 is 1.33 bits per heavy atom. The highest BCUT2D eigenvalue weighted by Crippen LogP contribution is 2.29. The molecule has 1 unspecified atom stereocenters. The Bertz CT molecular complexity index is 788. The van der Waals surface area contributed by atoms with Crippen molar-refractivity contribution >= 4 is 30.0 Å². The topological polar surface area (TPSA) is 105 Å². The maximum atomic E-state index is 13.1. The van der Waals surface area contributed by atoms with Crippen molar-refractivity contribution in [3.05, 3.63) is 29.6 Å². The Labute approximate surface area is 123 Å². The second-order valence-corrected chi connectivity index (χ2v) is 7.87. The molecule has 0 N–H and O–H groups in total. The Kier molecular flexibility index (Phi) is 4.55. The predicted octanol–water partition coefficient (Wildman–Crippen LogP) is 1.06. The molecule has 21 heavy (non-hydrogen) atoms. The van der Waals surface area contributed by atoms with Crippen molar-refractivity contribution in [2.75, 3.05) is 0 Å². The van der Waals surface area contributed by atoms with E-state index in [1.807, 2.05) is 0 Å². The van der Waals surface area contributed by atoms with E-state index in [9.17, 15) is 21.2 Å². The van der Waals surface area contributed by atoms with Crippen LogP contribution in [0.5, 0.6) is 0 Å². The van der Waals surface area contributed by atoms with Crippen LogP contribution in [0.15, 0.2) is 24.1 Å². The van der Waals surface area contributed by atoms with Gasteiger partial charge >= 0.3 is 5.04 Å². The summed E-state index contributed by atoms with van der Waals surface area (Å²) in [5.74, 6) is -1.27. The number of halogens is 1. The molecule has 0 aromatic carbocycles. The average molecular weight is 332 g/mol. The lowest BCUT2D eigenvalue weighted by molar-refractivity contribution is -0.00737. The van der Waals surface area contributed by atoms with Crippen LogP contribution < -0.4 is 0 Å². The van der Waals surface area contributed by atoms with E-state index in [0.29, 0.717) is 18.9 Å². The van der Waals surface area contributed by atoms with Crippen molar-refractivity contribution < 1.29 is 26.0 Å². The van der Waals surface area contributed by atoms with Gasteiger partial charge in [-0.1, -0.05) is 18.9 Å². The highest BCUT2D eigenvalue weighted by molar-refractivity contribution is 8.08. The predicted molar refractivity (Wildman–Crippen MR) is 75.6 cm³/mol. The fourth-order valence-corrected chi connectivity index (χ4v) is 5.44. The molecule has 1 fully saturated rings. The molecule has 0 aromatic heterocycles. The van der Waals surface area contributed by atoms with Crippen LogP contribution in [-0.2, 0) is 20.1 Å². The van der Waals surface area contributed by atoms with Crippen LogP contribution in [0.1, 0.15) is 25.7 Å². The smallest absolute Gasteiger partial charge is 0.360 e. The summed E-state index contributed by atoms with van der Waals surface area (Å²) in [6.45, 7) is 0. The summed E-state index contributed by atoms with van der Waals surface area (Å²) in [5.41, 5.74) is 9.06. The molecule has 0 aliphatic heterocycles. The van der Waals surface area contributed by atoms with Gasteiger partial charge in [0, 0.05) is 0 Å². The molecule has 0 saturated heterocycles. The third-order valence-corrected chi connectivity index (χ3v) is 6.60. The number of nitrogens with zero attached hydrogens (tertiary/aromatic N) is 2. The lowest BCUT2D eigenvalue weighted by Crippen LogP contribution is -2.38. The first kappa shape index (κ1) is 15.8. The molecule has 0 amide bonds. The lowest BCUT2D eigenvalue weighted by Gasteiger charge is -2.14. The van der Waals surface area contributed by atoms with E-state index in [2.05, 4.69) is 4.79 Å². The number of hydrogen-bond acceptors (Lipinski definition) is 4. The van der Waals surface area contributed by atoms with Gasteiger partial charge in [-0.3, -0.25) is 0 Å². The molecular formula is C12H13FN2O4S2. The molecular weight excluding hydrogens is 319 g/mol. The minimum Gasteiger partial charge on any atom is -0.360 e. The maximum absolute atomic E-state index is 13.1. The molecule has 0 radical (unpaired) electrons. The minimum atomic E-state index is -4.20. The van der Waals surface area contributed by atoms with Gasteiger partial charge in [-0.2, -0.15) is 13.2 Å². The molecule has 9 heteroatoms. The fraction of sp³-hybridized carbons (Fsp3) is 0.500. The highest BCUT2D eigenvalue weighted by atomic mass is 32.2. The van der Waals surface area contributed by atoms with Gasteiger partial charge in [0.25, 0.3) is 9.84 Å². The van der Waals surface area contributed by atoms with Crippen molar-refractivity contribution in [2.45, 2.75) is 30.9 Å². The molecule has 0 heterocycles. The first-order valence-corrected chi connectivity index (χ1v) is 8.97. The third-order valence-electron chi connectivity index (χ3n) is 3.61. The van der Waals surface area contributed by atoms with Crippen molar-refractivity contribution in [3.8, 4) is 0 Å². The highest BCUT2D eigenvalue weighted by Gasteiger charge is 2.45. The molecule has 2 aliphatic carbocycles. The fourth-order valence-electron chi connectivity index (χ4n) is 2.61. The van der Waals surface area contributed by atoms with E-state index in [1.54, 1.807) is 0 Å². The monoisotopic (exact) mass is 332 g/mol. The van der Waals surface area contributed by atoms with Crippen molar-refractivity contribution in [3.63, 3.8) is 0 Å². The van der Waals surface area contributed by atoms with Crippen LogP contribution in [-0.4, -0.2) is 36.8 Å². The molecule has 0 bridgehead atoms. The van der Waals surface area contributed by atoms with Crippen LogP contribution in [0.25, 0.3) is 5.53 Å². The van der Waals surface area contributed by atoms with Gasteiger partial charge in [-0.15, -0.1) is 0 Å². The summed E-state index contributed by atoms with van der Waals surface area (Å²) < 4.78 is 60.5. The maximum Gasteiger partial charge on any atom is 0.385 e. The molecule has 114 valence electrons. The largest absolute Gasteiger partial charge is 0.385 e. The van der Waals surface area contributed by atoms with Gasteiger partial charge in [0.2, 0.25) is 10.3 Å². The second-order valence-electron chi connectivity index (χ2n) is 4.91. The van der Waals surface area contributed by atoms with E-state index in [0.717, 1.165) is 25.0 Å². The Balaban J connectivity index is 2.51. The summed E-state index contributed by atoms with van der Waals surface area (Å²) >= 11 is 0. The average Bonchev–Trinajstić information content (AvgIpc) is 2.92. The van der Waals surface area contributed by atoms with Gasteiger partial charge in [0.1, 0.15) is 11.1 Å². The zero-order chi connectivity index (χ0) is 15.6. The van der Waals surface area contributed by atoms with E-state index < -0.39 is 47.0 Å². The summed E-state index contributed by atoms with van der Waals surface area (Å²) in [5, 5.41) is -1.98. The van der Waals surface area contributed by atoms with Crippen LogP contribution >= 0.6 is 0 Å². The zero-order valence-corrected chi connectivity index (χ0v) is 12.6. The van der Waals surface area contributed by atoms with Crippen LogP contribution in [0.3, 0.4) is 0 Å². The molecule has 1 saturated carbocycles. The van der Waals surface area contributed by atoms with E-state index in [4.69, 9.17) is 5.53 Å². The normalized spacial score (nSPS) is 22.8. The van der Waals surface area contributed by atoms with Gasteiger partial charge in [-0.05, 0) is 25.0 Å². The number of sulfone groups is 1. The second kappa shape index (κ2) is 6.05. The molecule has 1 atom stereocenters. The Morgan fingerprint density at radius 3 is 2.48 bits per heavy atom. The Hall–Kier alpha value is -1.57. The van der Waals surface area contributed by atoms with Crippen molar-refractivity contribution in [1.29, 1.82) is 0 Å². The van der Waals surface area contributed by atoms with E-state index in [-0.39, 0.29) is 0 Å². The van der Waals surface area contributed by atoms with Gasteiger partial charge < -0.3 is 5.53 Å². The quantitative estimate of drug-likeness (QED) is 0.248. The van der Waals surface area contributed by atoms with Crippen LogP contribution in [0.4, 0.5) is 4.39 Å². The Morgan fingerprint density at radius 2 is 1.95 bits per heavy atom. The number of rotatable bonds is 2. The van der Waals surface area contributed by atoms with Gasteiger partial charge in [0.15, 0.2) is 0 Å². The summed E-state index contributed by atoms with van der Waals surface area (Å²) in [6, 6.07) is 0. The molecule has 2 rings (SSSR count). The van der Waals surface area contributed by atoms with Crippen molar-refractivity contribution in [1.82, 2.24) is 0 Å². The van der Waals surface area contributed by atoms with E-state index >= 15 is 0 Å². The van der Waals surface area contributed by atoms with Crippen molar-refractivity contribution in [2.24, 2.45) is 5.92 Å². The van der Waals surface area contributed by atoms with Gasteiger partial charge in [0.05, 0.1) is 10.8 Å². The number of hydrogen-bond donors (Lipinski definition) is 0. The first-order chi connectivity index (χ1) is 9.87. The summed E-state index contributed by atoms with van der Waals surface area (Å²) in [6.07, 6.45) is 5.27. The zero-order valence-electron chi connectivity index (χ0n) is 10.9. The standard InChI is InChI=1S/C12H13FN2O4S2/c13-9-5-6-11(10(7-9)20(16)17)21(18,19)12(15-14)8-3-1-2-4-8/h5-8,11H,1-4H2. The van der Waals surface area contributed by atoms with E-state index in [1.165, 1.54) is 0 Å². The van der Waals surface area contributed by atoms with Crippen LogP contribution in [0, 0.1) is 5.92 Å². The summed E-state index contributed by atoms with van der Waals surface area (Å²) in [7, 11) is -7.09. The third kappa shape index (κ3) is 3.04. The first-order valence-electron chi connectivity index (χ1n) is 6.35. The molecule has 6 nitrogen and oxygen atoms in total. The molecule has 2 aliphatic rings. The summed E-state index contributed by atoms with van der Waals surface area (Å²) in [4.78, 5) is 2.31.